The van der Waals surface area contributed by atoms with Gasteiger partial charge in [-0.05, 0) is 44.1 Å². The third-order valence-corrected chi connectivity index (χ3v) is 6.36. The molecule has 3 fully saturated rings. The summed E-state index contributed by atoms with van der Waals surface area (Å²) in [4.78, 5) is 52.8. The van der Waals surface area contributed by atoms with Crippen molar-refractivity contribution in [2.24, 2.45) is 5.41 Å². The molecule has 0 unspecified atom stereocenters. The van der Waals surface area contributed by atoms with Crippen LogP contribution in [-0.2, 0) is 9.59 Å². The highest BCUT2D eigenvalue weighted by molar-refractivity contribution is 6.07. The van der Waals surface area contributed by atoms with Gasteiger partial charge in [0.15, 0.2) is 0 Å². The van der Waals surface area contributed by atoms with Crippen LogP contribution in [0, 0.1) is 5.41 Å². The second-order valence-corrected chi connectivity index (χ2v) is 8.27. The number of nitrogens with zero attached hydrogens (tertiary/aromatic N) is 3. The smallest absolute Gasteiger partial charge is 0.328 e. The number of aldehydes is 1. The summed E-state index contributed by atoms with van der Waals surface area (Å²) in [5.74, 6) is 0.0829. The Morgan fingerprint density at radius 2 is 1.93 bits per heavy atom. The molecule has 3 heterocycles. The van der Waals surface area contributed by atoms with Crippen LogP contribution in [-0.4, -0.2) is 80.3 Å². The van der Waals surface area contributed by atoms with Crippen LogP contribution in [0.25, 0.3) is 0 Å². The molecule has 9 nitrogen and oxygen atoms in total. The Kier molecular flexibility index (Phi) is 5.46. The quantitative estimate of drug-likeness (QED) is 0.718. The molecule has 30 heavy (non-hydrogen) atoms. The summed E-state index contributed by atoms with van der Waals surface area (Å²) in [6.07, 6.45) is 3.11. The predicted octanol–water partition coefficient (Wildman–Crippen LogP) is 0.878. The van der Waals surface area contributed by atoms with Gasteiger partial charge in [-0.25, -0.2) is 4.79 Å². The van der Waals surface area contributed by atoms with Crippen molar-refractivity contribution >= 4 is 29.8 Å². The molecule has 160 valence electrons. The van der Waals surface area contributed by atoms with Crippen molar-refractivity contribution in [1.82, 2.24) is 15.1 Å². The lowest BCUT2D eigenvalue weighted by Crippen LogP contribution is -2.61. The normalized spacial score (nSPS) is 21.2. The minimum Gasteiger partial charge on any atom is -0.495 e. The van der Waals surface area contributed by atoms with Crippen molar-refractivity contribution in [3.8, 4) is 5.75 Å². The van der Waals surface area contributed by atoms with E-state index in [2.05, 4.69) is 10.2 Å². The number of methoxy groups -OCH3 is 1. The number of hydrogen-bond acceptors (Lipinski definition) is 6. The van der Waals surface area contributed by atoms with Crippen LogP contribution >= 0.6 is 0 Å². The molecule has 3 aliphatic rings. The zero-order valence-corrected chi connectivity index (χ0v) is 17.1. The minimum absolute atomic E-state index is 0.0756. The van der Waals surface area contributed by atoms with Gasteiger partial charge in [0.1, 0.15) is 12.0 Å². The Bertz CT molecular complexity index is 870. The van der Waals surface area contributed by atoms with Crippen molar-refractivity contribution in [3.63, 3.8) is 0 Å². The summed E-state index contributed by atoms with van der Waals surface area (Å²) in [6, 6.07) is 4.53. The molecule has 1 spiro atoms. The zero-order chi connectivity index (χ0) is 21.3. The molecule has 3 saturated heterocycles. The molecule has 0 bridgehead atoms. The second kappa shape index (κ2) is 8.06. The summed E-state index contributed by atoms with van der Waals surface area (Å²) in [5, 5.41) is 2.30. The molecule has 9 heteroatoms. The number of amides is 4. The van der Waals surface area contributed by atoms with Gasteiger partial charge in [0, 0.05) is 37.0 Å². The van der Waals surface area contributed by atoms with Crippen LogP contribution in [0.15, 0.2) is 18.2 Å². The van der Waals surface area contributed by atoms with Crippen molar-refractivity contribution in [1.29, 1.82) is 0 Å². The molecule has 0 aromatic heterocycles. The summed E-state index contributed by atoms with van der Waals surface area (Å²) in [5.41, 5.74) is 1.12. The highest BCUT2D eigenvalue weighted by Crippen LogP contribution is 2.41. The Hall–Kier alpha value is -2.94. The minimum atomic E-state index is -0.515. The highest BCUT2D eigenvalue weighted by atomic mass is 16.5. The molecule has 0 saturated carbocycles. The number of carbonyl (C=O) groups excluding carboxylic acids is 4. The number of likely N-dealkylation sites (tertiary alicyclic amines) is 2. The van der Waals surface area contributed by atoms with E-state index in [-0.39, 0.29) is 30.2 Å². The number of urea groups is 1. The summed E-state index contributed by atoms with van der Waals surface area (Å²) < 4.78 is 5.37. The molecule has 1 aromatic rings. The number of benzene rings is 1. The van der Waals surface area contributed by atoms with Gasteiger partial charge in [-0.15, -0.1) is 0 Å². The van der Waals surface area contributed by atoms with Crippen LogP contribution in [0.1, 0.15) is 29.6 Å². The Balaban J connectivity index is 1.45. The number of piperidine rings is 1. The molecular formula is C21H26N4O5. The van der Waals surface area contributed by atoms with Crippen molar-refractivity contribution in [2.45, 2.75) is 19.3 Å². The standard InChI is InChI=1S/C21H26N4O5/c1-30-17-3-2-15(12-16(17)25-7-4-18(27)22-20(25)29)19(28)24-13-21(14-24)5-8-23(9-6-21)10-11-26/h2-3,11-12H,4-10,13-14H2,1H3,(H,22,27,29). The topological polar surface area (TPSA) is 99.3 Å². The van der Waals surface area contributed by atoms with E-state index in [4.69, 9.17) is 4.74 Å². The predicted molar refractivity (Wildman–Crippen MR) is 109 cm³/mol. The second-order valence-electron chi connectivity index (χ2n) is 8.27. The van der Waals surface area contributed by atoms with Gasteiger partial charge in [-0.3, -0.25) is 24.7 Å². The Morgan fingerprint density at radius 3 is 2.57 bits per heavy atom. The molecule has 3 aliphatic heterocycles. The average molecular weight is 414 g/mol. The Labute approximate surface area is 174 Å². The first-order valence-electron chi connectivity index (χ1n) is 10.2. The van der Waals surface area contributed by atoms with E-state index in [1.807, 2.05) is 4.90 Å². The van der Waals surface area contributed by atoms with E-state index in [9.17, 15) is 19.2 Å². The molecule has 0 radical (unpaired) electrons. The van der Waals surface area contributed by atoms with Gasteiger partial charge in [0.2, 0.25) is 5.91 Å². The SMILES string of the molecule is COc1ccc(C(=O)N2CC3(CCN(CC=O)CC3)C2)cc1N1CCC(=O)NC1=O. The first-order valence-corrected chi connectivity index (χ1v) is 10.2. The van der Waals surface area contributed by atoms with Gasteiger partial charge in [-0.1, -0.05) is 0 Å². The third kappa shape index (κ3) is 3.77. The molecule has 0 aliphatic carbocycles. The molecule has 0 atom stereocenters. The summed E-state index contributed by atoms with van der Waals surface area (Å²) in [6.45, 7) is 3.90. The van der Waals surface area contributed by atoms with Crippen LogP contribution < -0.4 is 15.0 Å². The summed E-state index contributed by atoms with van der Waals surface area (Å²) in [7, 11) is 1.50. The van der Waals surface area contributed by atoms with Crippen LogP contribution in [0.3, 0.4) is 0 Å². The molecule has 4 amide bonds. The van der Waals surface area contributed by atoms with E-state index in [1.165, 1.54) is 12.0 Å². The fourth-order valence-electron chi connectivity index (χ4n) is 4.55. The molecule has 1 N–H and O–H groups in total. The number of rotatable bonds is 5. The maximum absolute atomic E-state index is 13.0. The molecule has 4 rings (SSSR count). The van der Waals surface area contributed by atoms with Crippen LogP contribution in [0.4, 0.5) is 10.5 Å². The fraction of sp³-hybridized carbons (Fsp3) is 0.524. The lowest BCUT2D eigenvalue weighted by Gasteiger charge is -2.54. The van der Waals surface area contributed by atoms with Crippen LogP contribution in [0.2, 0.25) is 0 Å². The van der Waals surface area contributed by atoms with Crippen molar-refractivity contribution in [3.05, 3.63) is 23.8 Å². The summed E-state index contributed by atoms with van der Waals surface area (Å²) >= 11 is 0. The zero-order valence-electron chi connectivity index (χ0n) is 17.1. The van der Waals surface area contributed by atoms with Crippen LogP contribution in [0.5, 0.6) is 5.75 Å². The fourth-order valence-corrected chi connectivity index (χ4v) is 4.55. The van der Waals surface area contributed by atoms with Gasteiger partial charge in [-0.2, -0.15) is 0 Å². The van der Waals surface area contributed by atoms with E-state index >= 15 is 0 Å². The highest BCUT2D eigenvalue weighted by Gasteiger charge is 2.46. The maximum atomic E-state index is 13.0. The number of nitrogens with one attached hydrogen (secondary N) is 1. The van der Waals surface area contributed by atoms with E-state index < -0.39 is 6.03 Å². The number of hydrogen-bond donors (Lipinski definition) is 1. The molecular weight excluding hydrogens is 388 g/mol. The Morgan fingerprint density at radius 1 is 1.20 bits per heavy atom. The number of carbonyl (C=O) groups is 4. The van der Waals surface area contributed by atoms with Gasteiger partial charge >= 0.3 is 6.03 Å². The average Bonchev–Trinajstić information content (AvgIpc) is 2.72. The van der Waals surface area contributed by atoms with E-state index in [0.29, 0.717) is 36.6 Å². The molecule has 1 aromatic carbocycles. The number of ether oxygens (including phenoxy) is 1. The van der Waals surface area contributed by atoms with Crippen molar-refractivity contribution in [2.75, 3.05) is 51.3 Å². The monoisotopic (exact) mass is 414 g/mol. The van der Waals surface area contributed by atoms with E-state index in [1.54, 1.807) is 18.2 Å². The number of imide groups is 1. The first-order chi connectivity index (χ1) is 14.4. The van der Waals surface area contributed by atoms with Crippen molar-refractivity contribution < 1.29 is 23.9 Å². The van der Waals surface area contributed by atoms with E-state index in [0.717, 1.165) is 32.2 Å². The lowest BCUT2D eigenvalue weighted by molar-refractivity contribution is -0.120. The van der Waals surface area contributed by atoms with Gasteiger partial charge < -0.3 is 14.4 Å². The first kappa shape index (κ1) is 20.3. The number of anilines is 1. The third-order valence-electron chi connectivity index (χ3n) is 6.36. The van der Waals surface area contributed by atoms with Gasteiger partial charge in [0.25, 0.3) is 5.91 Å². The largest absolute Gasteiger partial charge is 0.495 e. The maximum Gasteiger partial charge on any atom is 0.328 e. The van der Waals surface area contributed by atoms with Gasteiger partial charge in [0.05, 0.1) is 19.3 Å². The lowest BCUT2D eigenvalue weighted by atomic mass is 9.72.